The van der Waals surface area contributed by atoms with Crippen LogP contribution in [0.25, 0.3) is 0 Å². The van der Waals surface area contributed by atoms with Gasteiger partial charge in [0.05, 0.1) is 12.8 Å². The number of hydrogen-bond donors (Lipinski definition) is 1. The molecule has 1 aromatic heterocycles. The van der Waals surface area contributed by atoms with E-state index in [9.17, 15) is 4.79 Å². The molecule has 30 heavy (non-hydrogen) atoms. The minimum Gasteiger partial charge on any atom is -0.495 e. The Balaban J connectivity index is 1.39. The second-order valence-corrected chi connectivity index (χ2v) is 8.01. The zero-order valence-corrected chi connectivity index (χ0v) is 18.2. The average molecular weight is 431 g/mol. The van der Waals surface area contributed by atoms with E-state index in [-0.39, 0.29) is 6.03 Å². The quantitative estimate of drug-likeness (QED) is 0.801. The summed E-state index contributed by atoms with van der Waals surface area (Å²) in [5.74, 6) is 3.30. The van der Waals surface area contributed by atoms with Crippen molar-refractivity contribution in [2.45, 2.75) is 19.8 Å². The van der Waals surface area contributed by atoms with Crippen molar-refractivity contribution in [1.29, 1.82) is 0 Å². The molecule has 160 valence electrons. The second kappa shape index (κ2) is 8.95. The first-order valence-electron chi connectivity index (χ1n) is 10.3. The van der Waals surface area contributed by atoms with E-state index in [2.05, 4.69) is 31.2 Å². The van der Waals surface area contributed by atoms with Crippen molar-refractivity contribution in [2.24, 2.45) is 0 Å². The number of halogens is 1. The molecule has 0 bridgehead atoms. The molecule has 0 radical (unpaired) electrons. The third-order valence-electron chi connectivity index (χ3n) is 5.53. The Hall–Kier alpha value is -2.74. The van der Waals surface area contributed by atoms with Crippen LogP contribution in [-0.2, 0) is 0 Å². The maximum Gasteiger partial charge on any atom is 0.322 e. The summed E-state index contributed by atoms with van der Waals surface area (Å²) in [6, 6.07) is 7.08. The lowest BCUT2D eigenvalue weighted by Crippen LogP contribution is -2.50. The van der Waals surface area contributed by atoms with E-state index in [1.807, 2.05) is 6.92 Å². The van der Waals surface area contributed by atoms with Crippen LogP contribution in [0.2, 0.25) is 5.02 Å². The van der Waals surface area contributed by atoms with Gasteiger partial charge in [0, 0.05) is 50.4 Å². The zero-order valence-electron chi connectivity index (χ0n) is 17.4. The molecule has 0 atom stereocenters. The van der Waals surface area contributed by atoms with Crippen LogP contribution in [0.4, 0.5) is 22.1 Å². The molecule has 4 rings (SSSR count). The summed E-state index contributed by atoms with van der Waals surface area (Å²) >= 11 is 6.06. The average Bonchev–Trinajstić information content (AvgIpc) is 3.29. The Morgan fingerprint density at radius 1 is 1.00 bits per heavy atom. The Kier molecular flexibility index (Phi) is 6.13. The molecule has 0 saturated carbocycles. The lowest BCUT2D eigenvalue weighted by atomic mass is 10.3. The van der Waals surface area contributed by atoms with Crippen molar-refractivity contribution in [1.82, 2.24) is 14.9 Å². The molecule has 2 aromatic rings. The van der Waals surface area contributed by atoms with Crippen molar-refractivity contribution in [3.8, 4) is 5.75 Å². The van der Waals surface area contributed by atoms with Crippen LogP contribution >= 0.6 is 11.6 Å². The highest BCUT2D eigenvalue weighted by atomic mass is 35.5. The summed E-state index contributed by atoms with van der Waals surface area (Å²) in [4.78, 5) is 28.3. The van der Waals surface area contributed by atoms with Gasteiger partial charge in [-0.05, 0) is 38.0 Å². The number of nitrogens with zero attached hydrogens (tertiary/aromatic N) is 5. The zero-order chi connectivity index (χ0) is 21.1. The van der Waals surface area contributed by atoms with Gasteiger partial charge in [0.15, 0.2) is 0 Å². The minimum atomic E-state index is -0.160. The fourth-order valence-electron chi connectivity index (χ4n) is 3.92. The Bertz CT molecular complexity index is 910. The van der Waals surface area contributed by atoms with Crippen molar-refractivity contribution in [3.05, 3.63) is 35.1 Å². The maximum atomic E-state index is 12.7. The van der Waals surface area contributed by atoms with Crippen LogP contribution in [0.3, 0.4) is 0 Å². The number of carbonyl (C=O) groups is 1. The molecule has 3 heterocycles. The van der Waals surface area contributed by atoms with Gasteiger partial charge in [-0.3, -0.25) is 0 Å². The van der Waals surface area contributed by atoms with E-state index in [0.717, 1.165) is 43.6 Å². The van der Waals surface area contributed by atoms with E-state index in [1.165, 1.54) is 12.8 Å². The van der Waals surface area contributed by atoms with E-state index >= 15 is 0 Å². The monoisotopic (exact) mass is 430 g/mol. The fourth-order valence-corrected chi connectivity index (χ4v) is 4.09. The molecule has 9 heteroatoms. The highest BCUT2D eigenvalue weighted by molar-refractivity contribution is 6.31. The lowest BCUT2D eigenvalue weighted by Gasteiger charge is -2.35. The van der Waals surface area contributed by atoms with Crippen LogP contribution in [0.5, 0.6) is 5.75 Å². The van der Waals surface area contributed by atoms with Crippen LogP contribution in [0, 0.1) is 6.92 Å². The molecule has 2 aliphatic heterocycles. The van der Waals surface area contributed by atoms with E-state index in [0.29, 0.717) is 29.5 Å². The number of urea groups is 1. The molecule has 1 aromatic carbocycles. The molecule has 8 nitrogen and oxygen atoms in total. The van der Waals surface area contributed by atoms with Gasteiger partial charge in [-0.2, -0.15) is 0 Å². The molecule has 0 unspecified atom stereocenters. The third-order valence-corrected chi connectivity index (χ3v) is 5.77. The predicted octanol–water partition coefficient (Wildman–Crippen LogP) is 3.40. The number of methoxy groups -OCH3 is 1. The van der Waals surface area contributed by atoms with Crippen LogP contribution in [0.15, 0.2) is 24.3 Å². The lowest BCUT2D eigenvalue weighted by molar-refractivity contribution is 0.208. The third kappa shape index (κ3) is 4.53. The molecular weight excluding hydrogens is 404 g/mol. The van der Waals surface area contributed by atoms with Gasteiger partial charge in [-0.15, -0.1) is 0 Å². The molecule has 2 saturated heterocycles. The number of ether oxygens (including phenoxy) is 1. The van der Waals surface area contributed by atoms with Crippen molar-refractivity contribution in [3.63, 3.8) is 0 Å². The maximum absolute atomic E-state index is 12.7. The minimum absolute atomic E-state index is 0.160. The topological polar surface area (TPSA) is 73.8 Å². The van der Waals surface area contributed by atoms with Crippen molar-refractivity contribution in [2.75, 3.05) is 61.5 Å². The number of nitrogens with one attached hydrogen (secondary N) is 1. The van der Waals surface area contributed by atoms with E-state index in [1.54, 1.807) is 30.2 Å². The molecule has 0 aliphatic carbocycles. The number of hydrogen-bond acceptors (Lipinski definition) is 6. The number of aryl methyl sites for hydroxylation is 1. The smallest absolute Gasteiger partial charge is 0.322 e. The van der Waals surface area contributed by atoms with E-state index in [4.69, 9.17) is 16.3 Å². The Labute approximate surface area is 181 Å². The molecule has 2 amide bonds. The highest BCUT2D eigenvalue weighted by Crippen LogP contribution is 2.28. The number of piperazine rings is 1. The van der Waals surface area contributed by atoms with Gasteiger partial charge >= 0.3 is 6.03 Å². The van der Waals surface area contributed by atoms with Crippen molar-refractivity contribution < 1.29 is 9.53 Å². The number of anilines is 3. The van der Waals surface area contributed by atoms with Gasteiger partial charge in [0.2, 0.25) is 0 Å². The Morgan fingerprint density at radius 3 is 2.27 bits per heavy atom. The number of rotatable bonds is 4. The molecule has 1 N–H and O–H groups in total. The SMILES string of the molecule is COc1ccc(Cl)cc1NC(=O)N1CCN(c2cc(N3CCCC3)nc(C)n2)CC1. The predicted molar refractivity (Wildman–Crippen MR) is 119 cm³/mol. The number of carbonyl (C=O) groups excluding carboxylic acids is 1. The Morgan fingerprint density at radius 2 is 1.63 bits per heavy atom. The molecule has 0 spiro atoms. The standard InChI is InChI=1S/C21H27ClN6O2/c1-15-23-19(26-7-3-4-8-26)14-20(24-15)27-9-11-28(12-10-27)21(29)25-17-13-16(22)5-6-18(17)30-2/h5-6,13-14H,3-4,7-12H2,1-2H3,(H,25,29). The number of aromatic nitrogens is 2. The van der Waals surface area contributed by atoms with Crippen LogP contribution in [-0.4, -0.2) is 67.3 Å². The second-order valence-electron chi connectivity index (χ2n) is 7.57. The molecule has 2 aliphatic rings. The summed E-state index contributed by atoms with van der Waals surface area (Å²) < 4.78 is 5.31. The molecular formula is C21H27ClN6O2. The van der Waals surface area contributed by atoms with Gasteiger partial charge in [-0.25, -0.2) is 14.8 Å². The first-order valence-corrected chi connectivity index (χ1v) is 10.7. The van der Waals surface area contributed by atoms with Crippen LogP contribution < -0.4 is 19.9 Å². The summed E-state index contributed by atoms with van der Waals surface area (Å²) in [7, 11) is 1.57. The largest absolute Gasteiger partial charge is 0.495 e. The fraction of sp³-hybridized carbons (Fsp3) is 0.476. The number of amides is 2. The van der Waals surface area contributed by atoms with Gasteiger partial charge in [0.1, 0.15) is 23.2 Å². The first-order chi connectivity index (χ1) is 14.5. The summed E-state index contributed by atoms with van der Waals surface area (Å²) in [5, 5.41) is 3.45. The van der Waals surface area contributed by atoms with Gasteiger partial charge < -0.3 is 24.8 Å². The van der Waals surface area contributed by atoms with E-state index < -0.39 is 0 Å². The highest BCUT2D eigenvalue weighted by Gasteiger charge is 2.24. The summed E-state index contributed by atoms with van der Waals surface area (Å²) in [5.41, 5.74) is 0.569. The summed E-state index contributed by atoms with van der Waals surface area (Å²) in [6.45, 7) is 6.69. The first kappa shape index (κ1) is 20.5. The van der Waals surface area contributed by atoms with Crippen molar-refractivity contribution >= 4 is 35.0 Å². The molecule has 2 fully saturated rings. The van der Waals surface area contributed by atoms with Gasteiger partial charge in [-0.1, -0.05) is 11.6 Å². The summed E-state index contributed by atoms with van der Waals surface area (Å²) in [6.07, 6.45) is 2.42. The van der Waals surface area contributed by atoms with Crippen LogP contribution in [0.1, 0.15) is 18.7 Å². The number of benzene rings is 1. The normalized spacial score (nSPS) is 16.7. The van der Waals surface area contributed by atoms with Gasteiger partial charge in [0.25, 0.3) is 0 Å².